The zero-order valence-electron chi connectivity index (χ0n) is 18.6. The number of methoxy groups -OCH3 is 1. The van der Waals surface area contributed by atoms with Gasteiger partial charge in [0.15, 0.2) is 0 Å². The van der Waals surface area contributed by atoms with Crippen LogP contribution in [0.2, 0.25) is 0 Å². The highest BCUT2D eigenvalue weighted by molar-refractivity contribution is 6.05. The van der Waals surface area contributed by atoms with E-state index < -0.39 is 0 Å². The summed E-state index contributed by atoms with van der Waals surface area (Å²) in [5.74, 6) is 1.64. The summed E-state index contributed by atoms with van der Waals surface area (Å²) in [5, 5.41) is 2.96. The van der Waals surface area contributed by atoms with E-state index >= 15 is 0 Å². The summed E-state index contributed by atoms with van der Waals surface area (Å²) in [7, 11) is 1.57. The number of hydrogen-bond acceptors (Lipinski definition) is 4. The number of aromatic amines is 1. The molecule has 5 aromatic rings. The monoisotopic (exact) mass is 449 g/mol. The minimum atomic E-state index is -0.259. The van der Waals surface area contributed by atoms with Gasteiger partial charge in [0.05, 0.1) is 23.8 Å². The number of rotatable bonds is 7. The van der Waals surface area contributed by atoms with E-state index in [1.807, 2.05) is 78.9 Å². The van der Waals surface area contributed by atoms with Crippen LogP contribution in [0.15, 0.2) is 97.1 Å². The first-order chi connectivity index (χ1) is 16.7. The Morgan fingerprint density at radius 1 is 0.912 bits per heavy atom. The Bertz CT molecular complexity index is 1410. The quantitative estimate of drug-likeness (QED) is 0.316. The number of imidazole rings is 1. The summed E-state index contributed by atoms with van der Waals surface area (Å²) >= 11 is 0. The fraction of sp³-hybridized carbons (Fsp3) is 0.0714. The first-order valence-electron chi connectivity index (χ1n) is 10.9. The number of anilines is 1. The summed E-state index contributed by atoms with van der Waals surface area (Å²) in [6.45, 7) is 0.430. The molecular weight excluding hydrogens is 426 g/mol. The van der Waals surface area contributed by atoms with E-state index in [1.54, 1.807) is 25.3 Å². The van der Waals surface area contributed by atoms with Crippen LogP contribution in [0, 0.1) is 0 Å². The highest BCUT2D eigenvalue weighted by Crippen LogP contribution is 2.31. The molecule has 0 radical (unpaired) electrons. The van der Waals surface area contributed by atoms with Crippen molar-refractivity contribution in [2.24, 2.45) is 0 Å². The molecule has 0 bridgehead atoms. The number of H-pyrrole nitrogens is 1. The molecule has 2 N–H and O–H groups in total. The maximum Gasteiger partial charge on any atom is 0.255 e. The Morgan fingerprint density at radius 3 is 2.56 bits per heavy atom. The first kappa shape index (κ1) is 21.3. The third-order valence-electron chi connectivity index (χ3n) is 5.46. The average Bonchev–Trinajstić information content (AvgIpc) is 3.33. The van der Waals surface area contributed by atoms with E-state index in [1.165, 1.54) is 0 Å². The van der Waals surface area contributed by atoms with E-state index in [9.17, 15) is 4.79 Å². The van der Waals surface area contributed by atoms with Crippen molar-refractivity contribution in [3.63, 3.8) is 0 Å². The number of benzene rings is 4. The molecule has 0 atom stereocenters. The molecule has 0 fully saturated rings. The fourth-order valence-corrected chi connectivity index (χ4v) is 3.70. The zero-order valence-corrected chi connectivity index (χ0v) is 18.6. The maximum absolute atomic E-state index is 13.1. The summed E-state index contributed by atoms with van der Waals surface area (Å²) in [6, 6.07) is 30.4. The molecule has 0 aliphatic carbocycles. The molecule has 5 rings (SSSR count). The SMILES string of the molecule is COc1ccc(-c2nc3ccccc3[nH]2)cc1NC(=O)c1cccc(OCc2ccccc2)c1. The van der Waals surface area contributed by atoms with Crippen molar-refractivity contribution in [1.29, 1.82) is 0 Å². The Hall–Kier alpha value is -4.58. The smallest absolute Gasteiger partial charge is 0.255 e. The number of hydrogen-bond donors (Lipinski definition) is 2. The van der Waals surface area contributed by atoms with Gasteiger partial charge in [-0.25, -0.2) is 4.98 Å². The lowest BCUT2D eigenvalue weighted by Gasteiger charge is -2.12. The van der Waals surface area contributed by atoms with Crippen molar-refractivity contribution in [2.45, 2.75) is 6.61 Å². The third-order valence-corrected chi connectivity index (χ3v) is 5.46. The van der Waals surface area contributed by atoms with Crippen molar-refractivity contribution in [3.8, 4) is 22.9 Å². The van der Waals surface area contributed by atoms with Crippen LogP contribution in [0.25, 0.3) is 22.4 Å². The van der Waals surface area contributed by atoms with Crippen molar-refractivity contribution in [2.75, 3.05) is 12.4 Å². The minimum absolute atomic E-state index is 0.259. The second kappa shape index (κ2) is 9.50. The molecule has 34 heavy (non-hydrogen) atoms. The first-order valence-corrected chi connectivity index (χ1v) is 10.9. The highest BCUT2D eigenvalue weighted by atomic mass is 16.5. The Morgan fingerprint density at radius 2 is 1.74 bits per heavy atom. The van der Waals surface area contributed by atoms with Crippen molar-refractivity contribution in [1.82, 2.24) is 9.97 Å². The van der Waals surface area contributed by atoms with Crippen LogP contribution in [0.5, 0.6) is 11.5 Å². The predicted molar refractivity (Wildman–Crippen MR) is 133 cm³/mol. The van der Waals surface area contributed by atoms with Crippen molar-refractivity contribution >= 4 is 22.6 Å². The van der Waals surface area contributed by atoms with Gasteiger partial charge in [-0.3, -0.25) is 4.79 Å². The Balaban J connectivity index is 1.36. The van der Waals surface area contributed by atoms with Gasteiger partial charge >= 0.3 is 0 Å². The van der Waals surface area contributed by atoms with Crippen LogP contribution in [0.4, 0.5) is 5.69 Å². The summed E-state index contributed by atoms with van der Waals surface area (Å²) < 4.78 is 11.3. The lowest BCUT2D eigenvalue weighted by Crippen LogP contribution is -2.13. The molecular formula is C28H23N3O3. The number of carbonyl (C=O) groups is 1. The van der Waals surface area contributed by atoms with Gasteiger partial charge < -0.3 is 19.8 Å². The maximum atomic E-state index is 13.1. The molecule has 1 heterocycles. The highest BCUT2D eigenvalue weighted by Gasteiger charge is 2.14. The number of nitrogens with one attached hydrogen (secondary N) is 2. The second-order valence-electron chi connectivity index (χ2n) is 7.77. The Labute approximate surface area is 197 Å². The lowest BCUT2D eigenvalue weighted by atomic mass is 10.1. The topological polar surface area (TPSA) is 76.2 Å². The van der Waals surface area contributed by atoms with Gasteiger partial charge in [0, 0.05) is 11.1 Å². The number of para-hydroxylation sites is 2. The number of fused-ring (bicyclic) bond motifs is 1. The van der Waals surface area contributed by atoms with Gasteiger partial charge in [0.25, 0.3) is 5.91 Å². The van der Waals surface area contributed by atoms with Gasteiger partial charge in [-0.1, -0.05) is 48.5 Å². The van der Waals surface area contributed by atoms with Crippen LogP contribution in [-0.2, 0) is 6.61 Å². The molecule has 1 aromatic heterocycles. The Kier molecular flexibility index (Phi) is 5.95. The van der Waals surface area contributed by atoms with Crippen LogP contribution < -0.4 is 14.8 Å². The van der Waals surface area contributed by atoms with Gasteiger partial charge in [-0.15, -0.1) is 0 Å². The molecule has 6 nitrogen and oxygen atoms in total. The van der Waals surface area contributed by atoms with Crippen LogP contribution in [0.1, 0.15) is 15.9 Å². The number of nitrogens with zero attached hydrogens (tertiary/aromatic N) is 1. The third kappa shape index (κ3) is 4.61. The van der Waals surface area contributed by atoms with Crippen LogP contribution >= 0.6 is 0 Å². The summed E-state index contributed by atoms with van der Waals surface area (Å²) in [6.07, 6.45) is 0. The molecule has 0 aliphatic heterocycles. The fourth-order valence-electron chi connectivity index (χ4n) is 3.70. The van der Waals surface area contributed by atoms with Gasteiger partial charge in [-0.2, -0.15) is 0 Å². The molecule has 0 spiro atoms. The van der Waals surface area contributed by atoms with Crippen molar-refractivity contribution in [3.05, 3.63) is 108 Å². The molecule has 4 aromatic carbocycles. The second-order valence-corrected chi connectivity index (χ2v) is 7.77. The molecule has 0 saturated carbocycles. The van der Waals surface area contributed by atoms with Gasteiger partial charge in [-0.05, 0) is 54.1 Å². The van der Waals surface area contributed by atoms with E-state index in [2.05, 4.69) is 15.3 Å². The largest absolute Gasteiger partial charge is 0.495 e. The van der Waals surface area contributed by atoms with Gasteiger partial charge in [0.1, 0.15) is 23.9 Å². The van der Waals surface area contributed by atoms with E-state index in [0.717, 1.165) is 28.0 Å². The van der Waals surface area contributed by atoms with Crippen LogP contribution in [-0.4, -0.2) is 23.0 Å². The van der Waals surface area contributed by atoms with E-state index in [-0.39, 0.29) is 5.91 Å². The number of ether oxygens (including phenoxy) is 2. The minimum Gasteiger partial charge on any atom is -0.495 e. The van der Waals surface area contributed by atoms with Gasteiger partial charge in [0.2, 0.25) is 0 Å². The lowest BCUT2D eigenvalue weighted by molar-refractivity contribution is 0.102. The van der Waals surface area contributed by atoms with E-state index in [4.69, 9.17) is 9.47 Å². The average molecular weight is 450 g/mol. The summed E-state index contributed by atoms with van der Waals surface area (Å²) in [5.41, 5.74) is 4.77. The molecule has 6 heteroatoms. The molecule has 0 aliphatic rings. The number of amides is 1. The molecule has 1 amide bonds. The number of aromatic nitrogens is 2. The van der Waals surface area contributed by atoms with E-state index in [0.29, 0.717) is 29.4 Å². The zero-order chi connectivity index (χ0) is 23.3. The standard InChI is InChI=1S/C28H23N3O3/c1-33-26-15-14-20(27-29-23-12-5-6-13-24(23)30-27)17-25(26)31-28(32)21-10-7-11-22(16-21)34-18-19-8-3-2-4-9-19/h2-17H,18H2,1H3,(H,29,30)(H,31,32). The summed E-state index contributed by atoms with van der Waals surface area (Å²) in [4.78, 5) is 21.0. The van der Waals surface area contributed by atoms with Crippen molar-refractivity contribution < 1.29 is 14.3 Å². The predicted octanol–water partition coefficient (Wildman–Crippen LogP) is 6.07. The molecule has 0 unspecified atom stereocenters. The normalized spacial score (nSPS) is 10.7. The number of carbonyl (C=O) groups excluding carboxylic acids is 1. The molecule has 0 saturated heterocycles. The molecule has 168 valence electrons. The van der Waals surface area contributed by atoms with Crippen LogP contribution in [0.3, 0.4) is 0 Å².